The van der Waals surface area contributed by atoms with Crippen molar-refractivity contribution in [3.8, 4) is 17.5 Å². The van der Waals surface area contributed by atoms with Crippen LogP contribution in [-0.4, -0.2) is 56.9 Å². The number of rotatable bonds is 6. The summed E-state index contributed by atoms with van der Waals surface area (Å²) in [6, 6.07) is 12.5. The topological polar surface area (TPSA) is 122 Å². The van der Waals surface area contributed by atoms with E-state index in [1.54, 1.807) is 49.0 Å². The number of primary amides is 1. The van der Waals surface area contributed by atoms with Crippen molar-refractivity contribution in [1.82, 2.24) is 14.7 Å². The van der Waals surface area contributed by atoms with Gasteiger partial charge in [0.05, 0.1) is 30.3 Å². The Balaban J connectivity index is 1.95. The molecule has 1 atom stereocenters. The van der Waals surface area contributed by atoms with E-state index < -0.39 is 12.0 Å². The van der Waals surface area contributed by atoms with Gasteiger partial charge in [-0.25, -0.2) is 4.68 Å². The fraction of sp³-hybridized carbons (Fsp3) is 0.261. The van der Waals surface area contributed by atoms with Crippen LogP contribution in [0, 0.1) is 11.8 Å². The Labute approximate surface area is 179 Å². The second kappa shape index (κ2) is 9.43. The third-order valence-electron chi connectivity index (χ3n) is 4.84. The van der Waals surface area contributed by atoms with Crippen LogP contribution in [0.4, 0.5) is 0 Å². The molecule has 0 saturated carbocycles. The van der Waals surface area contributed by atoms with Crippen molar-refractivity contribution >= 4 is 22.7 Å². The Morgan fingerprint density at radius 1 is 1.26 bits per heavy atom. The number of aromatic nitrogens is 2. The third kappa shape index (κ3) is 4.91. The molecule has 0 unspecified atom stereocenters. The third-order valence-corrected chi connectivity index (χ3v) is 4.84. The molecule has 0 saturated heterocycles. The molecule has 31 heavy (non-hydrogen) atoms. The molecule has 0 spiro atoms. The van der Waals surface area contributed by atoms with Crippen LogP contribution in [0.1, 0.15) is 41.1 Å². The van der Waals surface area contributed by atoms with Gasteiger partial charge in [0.2, 0.25) is 5.91 Å². The van der Waals surface area contributed by atoms with E-state index in [4.69, 9.17) is 10.8 Å². The maximum atomic E-state index is 11.9. The molecule has 3 aromatic rings. The van der Waals surface area contributed by atoms with Gasteiger partial charge >= 0.3 is 0 Å². The average Bonchev–Trinajstić information content (AvgIpc) is 3.13. The lowest BCUT2D eigenvalue weighted by atomic mass is 10.1. The first-order valence-electron chi connectivity index (χ1n) is 9.76. The van der Waals surface area contributed by atoms with E-state index in [0.717, 1.165) is 0 Å². The van der Waals surface area contributed by atoms with Gasteiger partial charge < -0.3 is 20.8 Å². The molecule has 0 radical (unpaired) electrons. The first-order valence-corrected chi connectivity index (χ1v) is 9.76. The number of carbonyl (C=O) groups is 2. The average molecular weight is 420 g/mol. The van der Waals surface area contributed by atoms with Gasteiger partial charge in [0.15, 0.2) is 5.69 Å². The lowest BCUT2D eigenvalue weighted by Crippen LogP contribution is -2.28. The van der Waals surface area contributed by atoms with Gasteiger partial charge in [0.25, 0.3) is 5.91 Å². The molecule has 4 N–H and O–H groups in total. The predicted molar refractivity (Wildman–Crippen MR) is 116 cm³/mol. The zero-order chi connectivity index (χ0) is 22.5. The molecule has 0 bridgehead atoms. The van der Waals surface area contributed by atoms with Gasteiger partial charge in [-0.3, -0.25) is 9.59 Å². The maximum Gasteiger partial charge on any atom is 0.269 e. The van der Waals surface area contributed by atoms with Crippen LogP contribution in [0.2, 0.25) is 0 Å². The number of aliphatic hydroxyl groups excluding tert-OH is 2. The van der Waals surface area contributed by atoms with Crippen molar-refractivity contribution in [2.75, 3.05) is 20.2 Å². The molecule has 0 aliphatic carbocycles. The Morgan fingerprint density at radius 2 is 2.03 bits per heavy atom. The zero-order valence-corrected chi connectivity index (χ0v) is 17.4. The molecule has 160 valence electrons. The lowest BCUT2D eigenvalue weighted by Gasteiger charge is -2.13. The van der Waals surface area contributed by atoms with Crippen LogP contribution in [0.25, 0.3) is 16.6 Å². The van der Waals surface area contributed by atoms with Crippen molar-refractivity contribution in [2.45, 2.75) is 19.4 Å². The van der Waals surface area contributed by atoms with Crippen molar-refractivity contribution in [2.24, 2.45) is 5.73 Å². The highest BCUT2D eigenvalue weighted by Gasteiger charge is 2.17. The molecular formula is C23H24N4O4. The van der Waals surface area contributed by atoms with Crippen LogP contribution in [-0.2, 0) is 4.79 Å². The molecule has 8 nitrogen and oxygen atoms in total. The highest BCUT2D eigenvalue weighted by Crippen LogP contribution is 2.26. The van der Waals surface area contributed by atoms with E-state index in [2.05, 4.69) is 16.9 Å². The van der Waals surface area contributed by atoms with Crippen LogP contribution < -0.4 is 5.73 Å². The van der Waals surface area contributed by atoms with Crippen molar-refractivity contribution in [1.29, 1.82) is 0 Å². The Morgan fingerprint density at radius 3 is 2.71 bits per heavy atom. The molecular weight excluding hydrogens is 396 g/mol. The highest BCUT2D eigenvalue weighted by atomic mass is 16.3. The summed E-state index contributed by atoms with van der Waals surface area (Å²) in [5, 5.41) is 23.7. The van der Waals surface area contributed by atoms with E-state index in [0.29, 0.717) is 27.7 Å². The number of amides is 2. The lowest BCUT2D eigenvalue weighted by molar-refractivity contribution is -0.129. The molecule has 8 heteroatoms. The molecule has 3 rings (SSSR count). The molecule has 1 aromatic heterocycles. The number of likely N-dealkylation sites (N-methyl/N-ethyl adjacent to an activating group) is 1. The molecule has 2 aromatic carbocycles. The smallest absolute Gasteiger partial charge is 0.269 e. The fourth-order valence-electron chi connectivity index (χ4n) is 3.12. The van der Waals surface area contributed by atoms with E-state index in [9.17, 15) is 14.7 Å². The summed E-state index contributed by atoms with van der Waals surface area (Å²) in [4.78, 5) is 25.3. The minimum atomic E-state index is -0.689. The minimum Gasteiger partial charge on any atom is -0.395 e. The number of hydrogen-bond acceptors (Lipinski definition) is 5. The fourth-order valence-corrected chi connectivity index (χ4v) is 3.12. The van der Waals surface area contributed by atoms with E-state index in [1.165, 1.54) is 4.90 Å². The molecule has 0 aliphatic rings. The molecule has 1 heterocycles. The van der Waals surface area contributed by atoms with Crippen LogP contribution >= 0.6 is 0 Å². The number of fused-ring (bicyclic) bond motifs is 1. The summed E-state index contributed by atoms with van der Waals surface area (Å²) >= 11 is 0. The number of carbonyl (C=O) groups excluding carboxylic acids is 2. The van der Waals surface area contributed by atoms with E-state index in [1.807, 2.05) is 12.1 Å². The zero-order valence-electron chi connectivity index (χ0n) is 17.4. The minimum absolute atomic E-state index is 0.0410. The van der Waals surface area contributed by atoms with Crippen molar-refractivity contribution in [3.63, 3.8) is 0 Å². The number of nitrogens with zero attached hydrogens (tertiary/aromatic N) is 3. The van der Waals surface area contributed by atoms with Gasteiger partial charge in [-0.1, -0.05) is 24.0 Å². The second-order valence-electron chi connectivity index (χ2n) is 7.15. The van der Waals surface area contributed by atoms with E-state index in [-0.39, 0.29) is 31.2 Å². The SMILES string of the molecule is C[C@H](O)c1ccc2c(c1)c(C(N)=O)nn2-c1cccc(C#CCC(=O)N(C)CCO)c1. The summed E-state index contributed by atoms with van der Waals surface area (Å²) in [7, 11) is 1.61. The van der Waals surface area contributed by atoms with Gasteiger partial charge in [-0.2, -0.15) is 5.10 Å². The van der Waals surface area contributed by atoms with Gasteiger partial charge in [0, 0.05) is 24.5 Å². The molecule has 0 aliphatic heterocycles. The standard InChI is InChI=1S/C23H24N4O4/c1-15(29)17-9-10-20-19(14-17)22(23(24)31)25-27(20)18-7-3-5-16(13-18)6-4-8-21(30)26(2)11-12-28/h3,5,7,9-10,13-15,28-29H,8,11-12H2,1-2H3,(H2,24,31)/t15-/m0/s1. The van der Waals surface area contributed by atoms with Gasteiger partial charge in [0.1, 0.15) is 0 Å². The monoisotopic (exact) mass is 420 g/mol. The first-order chi connectivity index (χ1) is 14.8. The normalized spacial score (nSPS) is 11.6. The number of hydrogen-bond donors (Lipinski definition) is 3. The number of aliphatic hydroxyl groups is 2. The van der Waals surface area contributed by atoms with Crippen LogP contribution in [0.15, 0.2) is 42.5 Å². The van der Waals surface area contributed by atoms with E-state index >= 15 is 0 Å². The summed E-state index contributed by atoms with van der Waals surface area (Å²) in [6.45, 7) is 1.81. The Kier molecular flexibility index (Phi) is 6.70. The molecule has 2 amide bonds. The van der Waals surface area contributed by atoms with Gasteiger partial charge in [-0.05, 0) is 42.8 Å². The quantitative estimate of drug-likeness (QED) is 0.520. The Bertz CT molecular complexity index is 1190. The number of nitrogens with two attached hydrogens (primary N) is 1. The molecule has 0 fully saturated rings. The first kappa shape index (κ1) is 22.0. The van der Waals surface area contributed by atoms with Gasteiger partial charge in [-0.15, -0.1) is 0 Å². The summed E-state index contributed by atoms with van der Waals surface area (Å²) in [5.74, 6) is 4.97. The summed E-state index contributed by atoms with van der Waals surface area (Å²) < 4.78 is 1.60. The van der Waals surface area contributed by atoms with Crippen LogP contribution in [0.5, 0.6) is 0 Å². The summed E-state index contributed by atoms with van der Waals surface area (Å²) in [6.07, 6.45) is -0.648. The van der Waals surface area contributed by atoms with Crippen molar-refractivity contribution < 1.29 is 19.8 Å². The summed E-state index contributed by atoms with van der Waals surface area (Å²) in [5.41, 5.74) is 8.32. The van der Waals surface area contributed by atoms with Crippen LogP contribution in [0.3, 0.4) is 0 Å². The second-order valence-corrected chi connectivity index (χ2v) is 7.15. The maximum absolute atomic E-state index is 11.9. The van der Waals surface area contributed by atoms with Crippen molar-refractivity contribution in [3.05, 3.63) is 59.3 Å². The highest BCUT2D eigenvalue weighted by molar-refractivity contribution is 6.04. The predicted octanol–water partition coefficient (Wildman–Crippen LogP) is 1.37. The Hall–Kier alpha value is -3.67. The number of benzene rings is 2. The largest absolute Gasteiger partial charge is 0.395 e.